The number of ether oxygens (including phenoxy) is 2. The van der Waals surface area contributed by atoms with Crippen molar-refractivity contribution in [1.29, 1.82) is 0 Å². The summed E-state index contributed by atoms with van der Waals surface area (Å²) >= 11 is 0. The van der Waals surface area contributed by atoms with Gasteiger partial charge in [0.1, 0.15) is 24.5 Å². The zero-order valence-electron chi connectivity index (χ0n) is 22.3. The molecule has 1 aliphatic rings. The summed E-state index contributed by atoms with van der Waals surface area (Å²) in [6, 6.07) is 25.3. The molecule has 0 spiro atoms. The standard InChI is InChI=1S/C30H36BNO5/c1-28(2)29(3,4)37-31(36-28)25-18-24(16-17-26(25)34-20-22-12-8-6-9-13-22)19-30(5,32)27(33)35-21-23-14-10-7-11-15-23/h6-18H,19-21,32H2,1-5H3/t30-/m0/s1. The summed E-state index contributed by atoms with van der Waals surface area (Å²) in [6.45, 7) is 10.3. The second kappa shape index (κ2) is 10.7. The zero-order valence-corrected chi connectivity index (χ0v) is 22.3. The van der Waals surface area contributed by atoms with Gasteiger partial charge in [0.25, 0.3) is 0 Å². The van der Waals surface area contributed by atoms with Crippen LogP contribution in [0.2, 0.25) is 0 Å². The molecule has 3 aromatic rings. The minimum Gasteiger partial charge on any atom is -0.489 e. The maximum absolute atomic E-state index is 12.9. The molecule has 37 heavy (non-hydrogen) atoms. The fourth-order valence-electron chi connectivity index (χ4n) is 4.11. The topological polar surface area (TPSA) is 80.0 Å². The molecule has 4 rings (SSSR count). The van der Waals surface area contributed by atoms with Gasteiger partial charge >= 0.3 is 13.1 Å². The second-order valence-corrected chi connectivity index (χ2v) is 10.9. The van der Waals surface area contributed by atoms with Gasteiger partial charge in [-0.05, 0) is 57.4 Å². The molecule has 0 saturated carbocycles. The molecule has 1 fully saturated rings. The molecule has 1 aliphatic heterocycles. The summed E-state index contributed by atoms with van der Waals surface area (Å²) in [5.41, 5.74) is 7.82. The van der Waals surface area contributed by atoms with Gasteiger partial charge in [-0.1, -0.05) is 72.8 Å². The van der Waals surface area contributed by atoms with Crippen LogP contribution in [0, 0.1) is 0 Å². The van der Waals surface area contributed by atoms with Crippen LogP contribution in [0.1, 0.15) is 51.3 Å². The average Bonchev–Trinajstić information content (AvgIpc) is 3.09. The Morgan fingerprint density at radius 3 is 1.95 bits per heavy atom. The summed E-state index contributed by atoms with van der Waals surface area (Å²) in [6.07, 6.45) is 0.284. The lowest BCUT2D eigenvalue weighted by atomic mass is 9.76. The average molecular weight is 501 g/mol. The van der Waals surface area contributed by atoms with Crippen LogP contribution in [-0.4, -0.2) is 29.8 Å². The smallest absolute Gasteiger partial charge is 0.489 e. The Hall–Kier alpha value is -3.13. The van der Waals surface area contributed by atoms with Crippen molar-refractivity contribution in [2.75, 3.05) is 0 Å². The van der Waals surface area contributed by atoms with Crippen LogP contribution in [0.15, 0.2) is 78.9 Å². The van der Waals surface area contributed by atoms with Crippen molar-refractivity contribution in [3.05, 3.63) is 95.6 Å². The van der Waals surface area contributed by atoms with E-state index in [0.29, 0.717) is 12.4 Å². The molecule has 1 saturated heterocycles. The van der Waals surface area contributed by atoms with Gasteiger partial charge in [-0.2, -0.15) is 0 Å². The van der Waals surface area contributed by atoms with Crippen molar-refractivity contribution in [2.45, 2.75) is 71.0 Å². The summed E-state index contributed by atoms with van der Waals surface area (Å²) in [5.74, 6) is 0.203. The van der Waals surface area contributed by atoms with Crippen molar-refractivity contribution in [3.8, 4) is 5.75 Å². The first kappa shape index (κ1) is 26.9. The van der Waals surface area contributed by atoms with E-state index in [2.05, 4.69) is 0 Å². The van der Waals surface area contributed by atoms with Crippen molar-refractivity contribution in [1.82, 2.24) is 0 Å². The van der Waals surface area contributed by atoms with Crippen LogP contribution in [0.25, 0.3) is 0 Å². The van der Waals surface area contributed by atoms with E-state index in [9.17, 15) is 4.79 Å². The highest BCUT2D eigenvalue weighted by Crippen LogP contribution is 2.37. The molecular formula is C30H36BNO5. The van der Waals surface area contributed by atoms with E-state index < -0.39 is 29.8 Å². The van der Waals surface area contributed by atoms with E-state index in [1.807, 2.05) is 107 Å². The lowest BCUT2D eigenvalue weighted by Gasteiger charge is -2.32. The SMILES string of the molecule is CC1(C)OB(c2cc(C[C@](C)(N)C(=O)OCc3ccccc3)ccc2OCc2ccccc2)OC1(C)C. The summed E-state index contributed by atoms with van der Waals surface area (Å²) < 4.78 is 24.4. The molecule has 0 aliphatic carbocycles. The summed E-state index contributed by atoms with van der Waals surface area (Å²) in [5, 5.41) is 0. The van der Waals surface area contributed by atoms with E-state index in [4.69, 9.17) is 24.5 Å². The molecule has 0 aromatic heterocycles. The first-order valence-electron chi connectivity index (χ1n) is 12.6. The summed E-state index contributed by atoms with van der Waals surface area (Å²) in [7, 11) is -0.621. The maximum atomic E-state index is 12.9. The Morgan fingerprint density at radius 2 is 1.38 bits per heavy atom. The summed E-state index contributed by atoms with van der Waals surface area (Å²) in [4.78, 5) is 12.9. The first-order chi connectivity index (χ1) is 17.5. The molecule has 194 valence electrons. The molecule has 1 heterocycles. The van der Waals surface area contributed by atoms with Crippen molar-refractivity contribution in [2.24, 2.45) is 5.73 Å². The van der Waals surface area contributed by atoms with E-state index in [-0.39, 0.29) is 13.0 Å². The largest absolute Gasteiger partial charge is 0.498 e. The number of nitrogens with two attached hydrogens (primary N) is 1. The first-order valence-corrected chi connectivity index (χ1v) is 12.6. The molecule has 0 unspecified atom stereocenters. The number of carbonyl (C=O) groups excluding carboxylic acids is 1. The van der Waals surface area contributed by atoms with Crippen LogP contribution in [0.3, 0.4) is 0 Å². The van der Waals surface area contributed by atoms with Gasteiger partial charge in [-0.25, -0.2) is 0 Å². The van der Waals surface area contributed by atoms with Crippen molar-refractivity contribution < 1.29 is 23.6 Å². The third-order valence-electron chi connectivity index (χ3n) is 7.07. The molecule has 2 N–H and O–H groups in total. The fourth-order valence-corrected chi connectivity index (χ4v) is 4.11. The Balaban J connectivity index is 1.54. The van der Waals surface area contributed by atoms with E-state index in [1.165, 1.54) is 0 Å². The number of rotatable bonds is 9. The van der Waals surface area contributed by atoms with Crippen LogP contribution >= 0.6 is 0 Å². The lowest BCUT2D eigenvalue weighted by Crippen LogP contribution is -2.48. The van der Waals surface area contributed by atoms with Crippen LogP contribution in [0.5, 0.6) is 5.75 Å². The van der Waals surface area contributed by atoms with Crippen LogP contribution in [0.4, 0.5) is 0 Å². The Bertz CT molecular complexity index is 1200. The third-order valence-corrected chi connectivity index (χ3v) is 7.07. The highest BCUT2D eigenvalue weighted by Gasteiger charge is 2.52. The van der Waals surface area contributed by atoms with Gasteiger partial charge in [0.2, 0.25) is 0 Å². The predicted octanol–water partition coefficient (Wildman–Crippen LogP) is 4.57. The maximum Gasteiger partial charge on any atom is 0.498 e. The van der Waals surface area contributed by atoms with Crippen molar-refractivity contribution in [3.63, 3.8) is 0 Å². The molecule has 0 bridgehead atoms. The monoisotopic (exact) mass is 501 g/mol. The number of esters is 1. The Labute approximate surface area is 220 Å². The van der Waals surface area contributed by atoms with E-state index in [1.54, 1.807) is 6.92 Å². The molecule has 3 aromatic carbocycles. The zero-order chi connectivity index (χ0) is 26.7. The number of benzene rings is 3. The molecule has 6 nitrogen and oxygen atoms in total. The van der Waals surface area contributed by atoms with Gasteiger partial charge in [0, 0.05) is 11.9 Å². The van der Waals surface area contributed by atoms with Crippen LogP contribution in [-0.2, 0) is 38.5 Å². The number of carbonyl (C=O) groups is 1. The van der Waals surface area contributed by atoms with Gasteiger partial charge in [-0.3, -0.25) is 4.79 Å². The van der Waals surface area contributed by atoms with Gasteiger partial charge < -0.3 is 24.5 Å². The Morgan fingerprint density at radius 1 is 0.838 bits per heavy atom. The highest BCUT2D eigenvalue weighted by molar-refractivity contribution is 6.63. The molecule has 7 heteroatoms. The molecule has 0 radical (unpaired) electrons. The van der Waals surface area contributed by atoms with Crippen LogP contribution < -0.4 is 15.9 Å². The number of hydrogen-bond acceptors (Lipinski definition) is 6. The third kappa shape index (κ3) is 6.42. The van der Waals surface area contributed by atoms with Gasteiger partial charge in [0.15, 0.2) is 0 Å². The Kier molecular flexibility index (Phi) is 7.79. The predicted molar refractivity (Wildman–Crippen MR) is 145 cm³/mol. The van der Waals surface area contributed by atoms with Gasteiger partial charge in [-0.15, -0.1) is 0 Å². The quantitative estimate of drug-likeness (QED) is 0.342. The molecular weight excluding hydrogens is 465 g/mol. The number of hydrogen-bond donors (Lipinski definition) is 1. The fraction of sp³-hybridized carbons (Fsp3) is 0.367. The lowest BCUT2D eigenvalue weighted by molar-refractivity contribution is -0.150. The highest BCUT2D eigenvalue weighted by atomic mass is 16.7. The van der Waals surface area contributed by atoms with Crippen molar-refractivity contribution >= 4 is 18.6 Å². The minimum atomic E-state index is -1.21. The van der Waals surface area contributed by atoms with E-state index in [0.717, 1.165) is 22.2 Å². The normalized spacial score (nSPS) is 17.7. The van der Waals surface area contributed by atoms with E-state index >= 15 is 0 Å². The minimum absolute atomic E-state index is 0.178. The second-order valence-electron chi connectivity index (χ2n) is 10.9. The molecule has 1 atom stereocenters. The molecule has 0 amide bonds. The van der Waals surface area contributed by atoms with Gasteiger partial charge in [0.05, 0.1) is 11.2 Å².